The highest BCUT2D eigenvalue weighted by atomic mass is 127. The summed E-state index contributed by atoms with van der Waals surface area (Å²) in [7, 11) is 0. The zero-order chi connectivity index (χ0) is 11.5. The molecule has 0 aliphatic carbocycles. The fourth-order valence-electron chi connectivity index (χ4n) is 2.16. The van der Waals surface area contributed by atoms with Gasteiger partial charge in [-0.2, -0.15) is 0 Å². The van der Waals surface area contributed by atoms with Crippen molar-refractivity contribution in [1.82, 2.24) is 4.90 Å². The summed E-state index contributed by atoms with van der Waals surface area (Å²) in [5, 5.41) is 0. The Morgan fingerprint density at radius 1 is 1.44 bits per heavy atom. The van der Waals surface area contributed by atoms with E-state index in [9.17, 15) is 4.79 Å². The SMILES string of the molecule is NC(=O)[C@H]1CCCN1Cc1ccc(I)cc1. The van der Waals surface area contributed by atoms with Gasteiger partial charge in [0.15, 0.2) is 0 Å². The standard InChI is InChI=1S/C12H15IN2O/c13-10-5-3-9(4-6-10)8-15-7-1-2-11(15)12(14)16/h3-6,11H,1-2,7-8H2,(H2,14,16)/t11-/m1/s1. The van der Waals surface area contributed by atoms with Crippen molar-refractivity contribution >= 4 is 28.5 Å². The molecule has 2 N–H and O–H groups in total. The molecule has 1 heterocycles. The molecule has 0 saturated carbocycles. The highest BCUT2D eigenvalue weighted by molar-refractivity contribution is 14.1. The van der Waals surface area contributed by atoms with Crippen LogP contribution < -0.4 is 5.73 Å². The molecular formula is C12H15IN2O. The van der Waals surface area contributed by atoms with Crippen molar-refractivity contribution < 1.29 is 4.79 Å². The summed E-state index contributed by atoms with van der Waals surface area (Å²) in [6, 6.07) is 8.33. The van der Waals surface area contributed by atoms with Crippen LogP contribution in [0.2, 0.25) is 0 Å². The van der Waals surface area contributed by atoms with Crippen LogP contribution in [0.25, 0.3) is 0 Å². The summed E-state index contributed by atoms with van der Waals surface area (Å²) >= 11 is 2.29. The lowest BCUT2D eigenvalue weighted by Crippen LogP contribution is -2.39. The van der Waals surface area contributed by atoms with Crippen LogP contribution in [-0.2, 0) is 11.3 Å². The van der Waals surface area contributed by atoms with Crippen LogP contribution in [0.3, 0.4) is 0 Å². The number of primary amides is 1. The fraction of sp³-hybridized carbons (Fsp3) is 0.417. The van der Waals surface area contributed by atoms with E-state index >= 15 is 0 Å². The Morgan fingerprint density at radius 2 is 2.12 bits per heavy atom. The molecule has 1 aliphatic heterocycles. The minimum Gasteiger partial charge on any atom is -0.368 e. The summed E-state index contributed by atoms with van der Waals surface area (Å²) in [4.78, 5) is 13.4. The summed E-state index contributed by atoms with van der Waals surface area (Å²) in [6.07, 6.45) is 1.97. The zero-order valence-corrected chi connectivity index (χ0v) is 11.2. The van der Waals surface area contributed by atoms with Gasteiger partial charge in [-0.15, -0.1) is 0 Å². The predicted molar refractivity (Wildman–Crippen MR) is 71.8 cm³/mol. The molecule has 0 spiro atoms. The number of carbonyl (C=O) groups excluding carboxylic acids is 1. The Balaban J connectivity index is 2.03. The first kappa shape index (κ1) is 11.9. The molecule has 0 radical (unpaired) electrons. The average molecular weight is 330 g/mol. The van der Waals surface area contributed by atoms with Gasteiger partial charge < -0.3 is 5.73 Å². The van der Waals surface area contributed by atoms with E-state index in [4.69, 9.17) is 5.73 Å². The van der Waals surface area contributed by atoms with Crippen molar-refractivity contribution in [3.05, 3.63) is 33.4 Å². The first-order valence-electron chi connectivity index (χ1n) is 5.44. The van der Waals surface area contributed by atoms with Gasteiger partial charge in [-0.05, 0) is 59.7 Å². The van der Waals surface area contributed by atoms with Crippen molar-refractivity contribution in [3.8, 4) is 0 Å². The summed E-state index contributed by atoms with van der Waals surface area (Å²) in [5.41, 5.74) is 6.63. The molecule has 0 bridgehead atoms. The van der Waals surface area contributed by atoms with E-state index in [1.54, 1.807) is 0 Å². The molecule has 0 unspecified atom stereocenters. The third kappa shape index (κ3) is 2.74. The van der Waals surface area contributed by atoms with Gasteiger partial charge in [0.2, 0.25) is 5.91 Å². The first-order valence-corrected chi connectivity index (χ1v) is 6.52. The molecular weight excluding hydrogens is 315 g/mol. The molecule has 1 aliphatic rings. The minimum absolute atomic E-state index is 0.0701. The summed E-state index contributed by atoms with van der Waals surface area (Å²) in [5.74, 6) is -0.192. The van der Waals surface area contributed by atoms with Crippen LogP contribution in [0.15, 0.2) is 24.3 Å². The lowest BCUT2D eigenvalue weighted by molar-refractivity contribution is -0.122. The summed E-state index contributed by atoms with van der Waals surface area (Å²) in [6.45, 7) is 1.80. The van der Waals surface area contributed by atoms with E-state index in [1.165, 1.54) is 9.13 Å². The largest absolute Gasteiger partial charge is 0.368 e. The van der Waals surface area contributed by atoms with Gasteiger partial charge in [0.1, 0.15) is 0 Å². The lowest BCUT2D eigenvalue weighted by atomic mass is 10.2. The average Bonchev–Trinajstić information content (AvgIpc) is 2.69. The van der Waals surface area contributed by atoms with Crippen LogP contribution in [0.1, 0.15) is 18.4 Å². The molecule has 16 heavy (non-hydrogen) atoms. The number of amides is 1. The van der Waals surface area contributed by atoms with Crippen molar-refractivity contribution in [2.24, 2.45) is 5.73 Å². The molecule has 1 atom stereocenters. The van der Waals surface area contributed by atoms with Gasteiger partial charge in [-0.1, -0.05) is 12.1 Å². The van der Waals surface area contributed by atoms with E-state index in [0.717, 1.165) is 25.9 Å². The molecule has 86 valence electrons. The molecule has 1 aromatic rings. The normalized spacial score (nSPS) is 21.2. The van der Waals surface area contributed by atoms with E-state index in [0.29, 0.717) is 0 Å². The minimum atomic E-state index is -0.192. The van der Waals surface area contributed by atoms with Gasteiger partial charge in [0.25, 0.3) is 0 Å². The maximum atomic E-state index is 11.2. The maximum absolute atomic E-state index is 11.2. The first-order chi connectivity index (χ1) is 7.66. The molecule has 1 fully saturated rings. The second-order valence-corrected chi connectivity index (χ2v) is 5.40. The van der Waals surface area contributed by atoms with Gasteiger partial charge in [0.05, 0.1) is 6.04 Å². The van der Waals surface area contributed by atoms with Crippen molar-refractivity contribution in [2.45, 2.75) is 25.4 Å². The Hall–Kier alpha value is -0.620. The Morgan fingerprint density at radius 3 is 2.75 bits per heavy atom. The molecule has 2 rings (SSSR count). The van der Waals surface area contributed by atoms with Crippen LogP contribution >= 0.6 is 22.6 Å². The Labute approximate surface area is 109 Å². The number of nitrogens with zero attached hydrogens (tertiary/aromatic N) is 1. The number of nitrogens with two attached hydrogens (primary N) is 1. The second-order valence-electron chi connectivity index (χ2n) is 4.16. The topological polar surface area (TPSA) is 46.3 Å². The van der Waals surface area contributed by atoms with Crippen molar-refractivity contribution in [1.29, 1.82) is 0 Å². The number of benzene rings is 1. The maximum Gasteiger partial charge on any atom is 0.234 e. The molecule has 3 nitrogen and oxygen atoms in total. The van der Waals surface area contributed by atoms with Gasteiger partial charge >= 0.3 is 0 Å². The Bertz CT molecular complexity index is 377. The summed E-state index contributed by atoms with van der Waals surface area (Å²) < 4.78 is 1.23. The molecule has 4 heteroatoms. The Kier molecular flexibility index (Phi) is 3.81. The highest BCUT2D eigenvalue weighted by Crippen LogP contribution is 2.20. The monoisotopic (exact) mass is 330 g/mol. The predicted octanol–water partition coefficient (Wildman–Crippen LogP) is 1.74. The van der Waals surface area contributed by atoms with Crippen LogP contribution in [-0.4, -0.2) is 23.4 Å². The third-order valence-corrected chi connectivity index (χ3v) is 3.71. The van der Waals surface area contributed by atoms with E-state index in [2.05, 4.69) is 51.8 Å². The van der Waals surface area contributed by atoms with Gasteiger partial charge in [-0.3, -0.25) is 9.69 Å². The number of rotatable bonds is 3. The van der Waals surface area contributed by atoms with E-state index < -0.39 is 0 Å². The highest BCUT2D eigenvalue weighted by Gasteiger charge is 2.28. The van der Waals surface area contributed by atoms with Crippen molar-refractivity contribution in [2.75, 3.05) is 6.54 Å². The van der Waals surface area contributed by atoms with Crippen LogP contribution in [0.4, 0.5) is 0 Å². The van der Waals surface area contributed by atoms with Gasteiger partial charge in [-0.25, -0.2) is 0 Å². The quantitative estimate of drug-likeness (QED) is 0.858. The molecule has 1 amide bonds. The van der Waals surface area contributed by atoms with E-state index in [1.807, 2.05) is 0 Å². The number of carbonyl (C=O) groups is 1. The number of halogens is 1. The molecule has 1 aromatic carbocycles. The molecule has 0 aromatic heterocycles. The van der Waals surface area contributed by atoms with Crippen LogP contribution in [0, 0.1) is 3.57 Å². The third-order valence-electron chi connectivity index (χ3n) is 2.99. The number of hydrogen-bond donors (Lipinski definition) is 1. The zero-order valence-electron chi connectivity index (χ0n) is 9.03. The fourth-order valence-corrected chi connectivity index (χ4v) is 2.52. The lowest BCUT2D eigenvalue weighted by Gasteiger charge is -2.21. The van der Waals surface area contributed by atoms with Gasteiger partial charge in [0, 0.05) is 10.1 Å². The van der Waals surface area contributed by atoms with Crippen LogP contribution in [0.5, 0.6) is 0 Å². The second kappa shape index (κ2) is 5.14. The smallest absolute Gasteiger partial charge is 0.234 e. The van der Waals surface area contributed by atoms with E-state index in [-0.39, 0.29) is 11.9 Å². The number of hydrogen-bond acceptors (Lipinski definition) is 2. The van der Waals surface area contributed by atoms with Crippen molar-refractivity contribution in [3.63, 3.8) is 0 Å². The number of likely N-dealkylation sites (tertiary alicyclic amines) is 1. The molecule has 1 saturated heterocycles.